The van der Waals surface area contributed by atoms with Gasteiger partial charge in [-0.05, 0) is 17.0 Å². The molecule has 1 aliphatic heterocycles. The molecule has 0 spiro atoms. The van der Waals surface area contributed by atoms with Crippen LogP contribution in [0.5, 0.6) is 0 Å². The van der Waals surface area contributed by atoms with Crippen LogP contribution in [0.3, 0.4) is 0 Å². The Labute approximate surface area is 86.6 Å². The second-order valence-corrected chi connectivity index (χ2v) is 4.21. The summed E-state index contributed by atoms with van der Waals surface area (Å²) in [6.07, 6.45) is 0.915. The van der Waals surface area contributed by atoms with E-state index in [0.29, 0.717) is 6.61 Å². The summed E-state index contributed by atoms with van der Waals surface area (Å²) in [5, 5.41) is 2.06. The number of hydrogen-bond acceptors (Lipinski definition) is 4. The van der Waals surface area contributed by atoms with Gasteiger partial charge in [0.15, 0.2) is 0 Å². The van der Waals surface area contributed by atoms with Crippen molar-refractivity contribution in [3.63, 3.8) is 0 Å². The molecule has 2 rings (SSSR count). The van der Waals surface area contributed by atoms with Crippen LogP contribution in [0.4, 0.5) is 0 Å². The van der Waals surface area contributed by atoms with Crippen molar-refractivity contribution in [1.82, 2.24) is 0 Å². The molecule has 0 aromatic carbocycles. The molecule has 1 unspecified atom stereocenters. The first-order valence-electron chi connectivity index (χ1n) is 4.58. The van der Waals surface area contributed by atoms with Gasteiger partial charge >= 0.3 is 5.97 Å². The molecule has 0 saturated carbocycles. The van der Waals surface area contributed by atoms with Crippen LogP contribution in [-0.2, 0) is 20.7 Å². The van der Waals surface area contributed by atoms with Gasteiger partial charge in [-0.3, -0.25) is 4.79 Å². The Bertz CT molecular complexity index is 332. The second-order valence-electron chi connectivity index (χ2n) is 3.21. The number of carbonyl (C=O) groups is 1. The lowest BCUT2D eigenvalue weighted by molar-refractivity contribution is -0.145. The molecule has 2 heterocycles. The average Bonchev–Trinajstić information content (AvgIpc) is 2.62. The molecule has 1 atom stereocenters. The molecule has 0 bridgehead atoms. The number of fused-ring (bicyclic) bond motifs is 1. The predicted molar refractivity (Wildman–Crippen MR) is 53.3 cm³/mol. The fourth-order valence-corrected chi connectivity index (χ4v) is 2.47. The van der Waals surface area contributed by atoms with E-state index in [4.69, 9.17) is 9.47 Å². The lowest BCUT2D eigenvalue weighted by Gasteiger charge is -2.22. The zero-order chi connectivity index (χ0) is 9.97. The molecule has 0 amide bonds. The van der Waals surface area contributed by atoms with Gasteiger partial charge in [-0.1, -0.05) is 0 Å². The maximum atomic E-state index is 10.7. The third-order valence-electron chi connectivity index (χ3n) is 2.21. The van der Waals surface area contributed by atoms with Crippen LogP contribution >= 0.6 is 11.3 Å². The van der Waals surface area contributed by atoms with Gasteiger partial charge in [0.25, 0.3) is 0 Å². The Hall–Kier alpha value is -0.870. The number of ether oxygens (including phenoxy) is 2. The van der Waals surface area contributed by atoms with Crippen molar-refractivity contribution in [1.29, 1.82) is 0 Å². The van der Waals surface area contributed by atoms with E-state index >= 15 is 0 Å². The zero-order valence-corrected chi connectivity index (χ0v) is 8.80. The Kier molecular flexibility index (Phi) is 2.84. The predicted octanol–water partition coefficient (Wildman–Crippen LogP) is 1.93. The Morgan fingerprint density at radius 2 is 2.64 bits per heavy atom. The number of thiophene rings is 1. The topological polar surface area (TPSA) is 35.5 Å². The van der Waals surface area contributed by atoms with Gasteiger partial charge in [0.1, 0.15) is 12.7 Å². The Morgan fingerprint density at radius 1 is 1.79 bits per heavy atom. The maximum absolute atomic E-state index is 10.7. The van der Waals surface area contributed by atoms with Gasteiger partial charge in [0.05, 0.1) is 6.61 Å². The van der Waals surface area contributed by atoms with Crippen LogP contribution in [0.2, 0.25) is 0 Å². The summed E-state index contributed by atoms with van der Waals surface area (Å²) < 4.78 is 10.5. The summed E-state index contributed by atoms with van der Waals surface area (Å²) in [6, 6.07) is 2.05. The molecule has 4 heteroatoms. The molecule has 76 valence electrons. The highest BCUT2D eigenvalue weighted by atomic mass is 32.1. The van der Waals surface area contributed by atoms with Crippen molar-refractivity contribution in [2.24, 2.45) is 0 Å². The fourth-order valence-electron chi connectivity index (χ4n) is 1.56. The van der Waals surface area contributed by atoms with Gasteiger partial charge < -0.3 is 9.47 Å². The molecule has 1 aromatic rings. The summed E-state index contributed by atoms with van der Waals surface area (Å²) in [4.78, 5) is 12.0. The molecule has 0 aliphatic carbocycles. The third kappa shape index (κ3) is 1.96. The van der Waals surface area contributed by atoms with E-state index in [9.17, 15) is 4.79 Å². The average molecular weight is 212 g/mol. The van der Waals surface area contributed by atoms with Crippen molar-refractivity contribution >= 4 is 17.3 Å². The van der Waals surface area contributed by atoms with Crippen LogP contribution in [0.25, 0.3) is 0 Å². The van der Waals surface area contributed by atoms with Gasteiger partial charge in [-0.15, -0.1) is 11.3 Å². The van der Waals surface area contributed by atoms with Gasteiger partial charge in [0.2, 0.25) is 0 Å². The quantitative estimate of drug-likeness (QED) is 0.703. The van der Waals surface area contributed by atoms with E-state index in [1.165, 1.54) is 17.4 Å². The lowest BCUT2D eigenvalue weighted by atomic mass is 10.1. The van der Waals surface area contributed by atoms with Crippen molar-refractivity contribution in [2.45, 2.75) is 19.4 Å². The highest BCUT2D eigenvalue weighted by molar-refractivity contribution is 7.10. The summed E-state index contributed by atoms with van der Waals surface area (Å²) in [6.45, 7) is 2.47. The molecule has 0 saturated heterocycles. The Morgan fingerprint density at radius 3 is 3.43 bits per heavy atom. The minimum atomic E-state index is -0.254. The van der Waals surface area contributed by atoms with Gasteiger partial charge in [0, 0.05) is 18.2 Å². The number of hydrogen-bond donors (Lipinski definition) is 0. The molecule has 0 N–H and O–H groups in total. The molecule has 1 aromatic heterocycles. The van der Waals surface area contributed by atoms with E-state index in [2.05, 4.69) is 5.38 Å². The first-order chi connectivity index (χ1) is 6.77. The van der Waals surface area contributed by atoms with Crippen LogP contribution < -0.4 is 0 Å². The first kappa shape index (κ1) is 9.68. The number of rotatable bonds is 2. The second kappa shape index (κ2) is 4.11. The van der Waals surface area contributed by atoms with E-state index in [1.807, 2.05) is 6.07 Å². The van der Waals surface area contributed by atoms with Crippen molar-refractivity contribution < 1.29 is 14.3 Å². The van der Waals surface area contributed by atoms with Crippen LogP contribution in [0.15, 0.2) is 11.4 Å². The zero-order valence-electron chi connectivity index (χ0n) is 7.99. The van der Waals surface area contributed by atoms with Crippen molar-refractivity contribution in [3.05, 3.63) is 21.9 Å². The van der Waals surface area contributed by atoms with E-state index in [-0.39, 0.29) is 12.1 Å². The van der Waals surface area contributed by atoms with E-state index in [0.717, 1.165) is 13.0 Å². The summed E-state index contributed by atoms with van der Waals surface area (Å²) >= 11 is 1.74. The highest BCUT2D eigenvalue weighted by Gasteiger charge is 2.22. The third-order valence-corrected chi connectivity index (χ3v) is 3.21. The van der Waals surface area contributed by atoms with Crippen LogP contribution in [-0.4, -0.2) is 19.2 Å². The number of esters is 1. The first-order valence-corrected chi connectivity index (χ1v) is 5.46. The van der Waals surface area contributed by atoms with Gasteiger partial charge in [-0.2, -0.15) is 0 Å². The molecular weight excluding hydrogens is 200 g/mol. The van der Waals surface area contributed by atoms with Crippen LogP contribution in [0, 0.1) is 0 Å². The van der Waals surface area contributed by atoms with Gasteiger partial charge in [-0.25, -0.2) is 0 Å². The fraction of sp³-hybridized carbons (Fsp3) is 0.500. The SMILES string of the molecule is CC(=O)OCC1OCCc2sccc21. The van der Waals surface area contributed by atoms with Crippen molar-refractivity contribution in [3.8, 4) is 0 Å². The minimum Gasteiger partial charge on any atom is -0.463 e. The monoisotopic (exact) mass is 212 g/mol. The van der Waals surface area contributed by atoms with E-state index < -0.39 is 0 Å². The minimum absolute atomic E-state index is 0.0612. The maximum Gasteiger partial charge on any atom is 0.302 e. The summed E-state index contributed by atoms with van der Waals surface area (Å²) in [5.74, 6) is -0.254. The Balaban J connectivity index is 2.05. The van der Waals surface area contributed by atoms with E-state index in [1.54, 1.807) is 11.3 Å². The molecule has 3 nitrogen and oxygen atoms in total. The largest absolute Gasteiger partial charge is 0.463 e. The lowest BCUT2D eigenvalue weighted by Crippen LogP contribution is -2.19. The normalized spacial score (nSPS) is 20.2. The van der Waals surface area contributed by atoms with Crippen LogP contribution in [0.1, 0.15) is 23.5 Å². The molecule has 0 radical (unpaired) electrons. The molecular formula is C10H12O3S. The standard InChI is InChI=1S/C10H12O3S/c1-7(11)13-6-9-8-3-5-14-10(8)2-4-12-9/h3,5,9H,2,4,6H2,1H3. The highest BCUT2D eigenvalue weighted by Crippen LogP contribution is 2.30. The summed E-state index contributed by atoms with van der Waals surface area (Å²) in [5.41, 5.74) is 1.18. The smallest absolute Gasteiger partial charge is 0.302 e. The molecule has 14 heavy (non-hydrogen) atoms. The van der Waals surface area contributed by atoms with Crippen molar-refractivity contribution in [2.75, 3.05) is 13.2 Å². The number of carbonyl (C=O) groups excluding carboxylic acids is 1. The molecule has 1 aliphatic rings. The molecule has 0 fully saturated rings. The summed E-state index contributed by atoms with van der Waals surface area (Å²) in [7, 11) is 0.